The summed E-state index contributed by atoms with van der Waals surface area (Å²) in [6, 6.07) is 3.75. The lowest BCUT2D eigenvalue weighted by atomic mass is 9.92. The van der Waals surface area contributed by atoms with Crippen LogP contribution in [0.2, 0.25) is 0 Å². The zero-order valence-corrected chi connectivity index (χ0v) is 16.5. The molecule has 3 rings (SSSR count). The van der Waals surface area contributed by atoms with Gasteiger partial charge in [-0.25, -0.2) is 9.37 Å². The number of nitrogens with zero attached hydrogens (tertiary/aromatic N) is 3. The van der Waals surface area contributed by atoms with Crippen molar-refractivity contribution in [2.75, 3.05) is 18.4 Å². The van der Waals surface area contributed by atoms with Crippen molar-refractivity contribution in [2.24, 2.45) is 5.92 Å². The summed E-state index contributed by atoms with van der Waals surface area (Å²) in [6.07, 6.45) is 2.85. The molecule has 2 N–H and O–H groups in total. The molecular weight excluding hydrogens is 329 g/mol. The molecule has 0 radical (unpaired) electrons. The predicted molar refractivity (Wildman–Crippen MR) is 103 cm³/mol. The van der Waals surface area contributed by atoms with E-state index in [0.29, 0.717) is 29.4 Å². The molecular formula is C20H30FN5. The van der Waals surface area contributed by atoms with Crippen LogP contribution in [0, 0.1) is 25.6 Å². The van der Waals surface area contributed by atoms with Gasteiger partial charge in [0.15, 0.2) is 5.82 Å². The first-order chi connectivity index (χ1) is 12.2. The maximum absolute atomic E-state index is 14.6. The van der Waals surface area contributed by atoms with E-state index < -0.39 is 0 Å². The monoisotopic (exact) mass is 359 g/mol. The number of piperidine rings is 1. The minimum Gasteiger partial charge on any atom is -0.323 e. The molecule has 1 aliphatic heterocycles. The van der Waals surface area contributed by atoms with E-state index in [9.17, 15) is 4.39 Å². The number of rotatable bonds is 4. The van der Waals surface area contributed by atoms with Crippen LogP contribution in [0.4, 0.5) is 16.0 Å². The lowest BCUT2D eigenvalue weighted by Gasteiger charge is -2.22. The summed E-state index contributed by atoms with van der Waals surface area (Å²) in [4.78, 5) is 4.57. The Morgan fingerprint density at radius 3 is 2.50 bits per heavy atom. The Bertz CT molecular complexity index is 769. The number of aromatic nitrogens is 3. The molecule has 0 aliphatic carbocycles. The number of nitrogens with one attached hydrogen (secondary N) is 2. The highest BCUT2D eigenvalue weighted by molar-refractivity contribution is 5.53. The molecule has 0 bridgehead atoms. The third-order valence-corrected chi connectivity index (χ3v) is 4.93. The second-order valence-corrected chi connectivity index (χ2v) is 8.36. The summed E-state index contributed by atoms with van der Waals surface area (Å²) in [6.45, 7) is 12.2. The molecule has 1 aliphatic rings. The highest BCUT2D eigenvalue weighted by Crippen LogP contribution is 2.25. The van der Waals surface area contributed by atoms with Gasteiger partial charge in [0.05, 0.1) is 11.2 Å². The fourth-order valence-corrected chi connectivity index (χ4v) is 3.63. The summed E-state index contributed by atoms with van der Waals surface area (Å²) < 4.78 is 16.6. The molecule has 2 aromatic rings. The van der Waals surface area contributed by atoms with Crippen LogP contribution in [0.15, 0.2) is 12.1 Å². The van der Waals surface area contributed by atoms with E-state index in [2.05, 4.69) is 41.5 Å². The summed E-state index contributed by atoms with van der Waals surface area (Å²) in [5.74, 6) is 1.72. The fraction of sp³-hybridized carbons (Fsp3) is 0.600. The van der Waals surface area contributed by atoms with Gasteiger partial charge in [-0.3, -0.25) is 4.68 Å². The maximum Gasteiger partial charge on any atom is 0.153 e. The van der Waals surface area contributed by atoms with Crippen LogP contribution >= 0.6 is 0 Å². The first-order valence-electron chi connectivity index (χ1n) is 9.45. The smallest absolute Gasteiger partial charge is 0.153 e. The van der Waals surface area contributed by atoms with Gasteiger partial charge in [0.1, 0.15) is 11.6 Å². The molecule has 0 amide bonds. The highest BCUT2D eigenvalue weighted by Gasteiger charge is 2.20. The van der Waals surface area contributed by atoms with Crippen molar-refractivity contribution in [2.45, 2.75) is 59.4 Å². The van der Waals surface area contributed by atoms with Crippen LogP contribution in [-0.4, -0.2) is 27.9 Å². The third kappa shape index (κ3) is 4.23. The van der Waals surface area contributed by atoms with Gasteiger partial charge >= 0.3 is 0 Å². The van der Waals surface area contributed by atoms with Crippen LogP contribution in [-0.2, 0) is 12.0 Å². The van der Waals surface area contributed by atoms with Gasteiger partial charge in [0, 0.05) is 11.8 Å². The van der Waals surface area contributed by atoms with Crippen molar-refractivity contribution in [1.29, 1.82) is 0 Å². The lowest BCUT2D eigenvalue weighted by Crippen LogP contribution is -2.29. The Morgan fingerprint density at radius 1 is 1.19 bits per heavy atom. The normalized spacial score (nSPS) is 16.1. The fourth-order valence-electron chi connectivity index (χ4n) is 3.63. The van der Waals surface area contributed by atoms with Crippen molar-refractivity contribution in [3.63, 3.8) is 0 Å². The first kappa shape index (κ1) is 18.8. The van der Waals surface area contributed by atoms with Crippen LogP contribution < -0.4 is 10.6 Å². The van der Waals surface area contributed by atoms with E-state index in [-0.39, 0.29) is 11.4 Å². The summed E-state index contributed by atoms with van der Waals surface area (Å²) in [7, 11) is 0. The van der Waals surface area contributed by atoms with Crippen molar-refractivity contribution in [1.82, 2.24) is 20.1 Å². The predicted octanol–water partition coefficient (Wildman–Crippen LogP) is 4.07. The Hall–Kier alpha value is -1.95. The van der Waals surface area contributed by atoms with Crippen LogP contribution in [0.5, 0.6) is 0 Å². The molecule has 142 valence electrons. The number of halogens is 1. The van der Waals surface area contributed by atoms with Gasteiger partial charge < -0.3 is 10.6 Å². The molecule has 26 heavy (non-hydrogen) atoms. The Labute approximate surface area is 155 Å². The molecule has 5 nitrogen and oxygen atoms in total. The molecule has 3 heterocycles. The number of aryl methyl sites for hydroxylation is 2. The van der Waals surface area contributed by atoms with E-state index in [0.717, 1.165) is 37.4 Å². The van der Waals surface area contributed by atoms with Crippen molar-refractivity contribution in [3.8, 4) is 0 Å². The van der Waals surface area contributed by atoms with E-state index in [1.165, 1.54) is 0 Å². The molecule has 1 fully saturated rings. The van der Waals surface area contributed by atoms with E-state index in [1.807, 2.05) is 17.7 Å². The standard InChI is InChI=1S/C20H30FN5/c1-13-10-17(24-18-11-14(2)26(25-18)20(3,4)5)23-16(19(13)21)12-15-6-8-22-9-7-15/h10-11,15,22H,6-9,12H2,1-5H3,(H,23,24,25). The SMILES string of the molecule is Cc1cc(Nc2cc(C)n(C(C)(C)C)n2)nc(CC2CCNCC2)c1F. The van der Waals surface area contributed by atoms with Crippen LogP contribution in [0.1, 0.15) is 50.6 Å². The Balaban J connectivity index is 1.82. The van der Waals surface area contributed by atoms with Gasteiger partial charge in [-0.05, 0) is 84.5 Å². The van der Waals surface area contributed by atoms with Gasteiger partial charge in [-0.1, -0.05) is 0 Å². The number of anilines is 2. The maximum atomic E-state index is 14.6. The molecule has 0 spiro atoms. The van der Waals surface area contributed by atoms with E-state index in [1.54, 1.807) is 13.0 Å². The largest absolute Gasteiger partial charge is 0.323 e. The van der Waals surface area contributed by atoms with Gasteiger partial charge in [0.2, 0.25) is 0 Å². The minimum absolute atomic E-state index is 0.0870. The quantitative estimate of drug-likeness (QED) is 0.864. The lowest BCUT2D eigenvalue weighted by molar-refractivity contribution is 0.349. The third-order valence-electron chi connectivity index (χ3n) is 4.93. The van der Waals surface area contributed by atoms with Gasteiger partial charge in [-0.2, -0.15) is 5.10 Å². The van der Waals surface area contributed by atoms with Crippen molar-refractivity contribution >= 4 is 11.6 Å². The summed E-state index contributed by atoms with van der Waals surface area (Å²) in [5, 5.41) is 11.3. The highest BCUT2D eigenvalue weighted by atomic mass is 19.1. The molecule has 6 heteroatoms. The van der Waals surface area contributed by atoms with E-state index in [4.69, 9.17) is 0 Å². The van der Waals surface area contributed by atoms with Gasteiger partial charge in [-0.15, -0.1) is 0 Å². The van der Waals surface area contributed by atoms with Crippen molar-refractivity contribution < 1.29 is 4.39 Å². The Kier molecular flexibility index (Phi) is 5.32. The van der Waals surface area contributed by atoms with Crippen LogP contribution in [0.25, 0.3) is 0 Å². The molecule has 0 saturated carbocycles. The van der Waals surface area contributed by atoms with Crippen molar-refractivity contribution in [3.05, 3.63) is 34.9 Å². The molecule has 0 aromatic carbocycles. The first-order valence-corrected chi connectivity index (χ1v) is 9.45. The topological polar surface area (TPSA) is 54.8 Å². The summed E-state index contributed by atoms with van der Waals surface area (Å²) >= 11 is 0. The molecule has 1 saturated heterocycles. The second-order valence-electron chi connectivity index (χ2n) is 8.36. The van der Waals surface area contributed by atoms with E-state index >= 15 is 0 Å². The zero-order chi connectivity index (χ0) is 18.9. The average molecular weight is 359 g/mol. The minimum atomic E-state index is -0.175. The average Bonchev–Trinajstić information content (AvgIpc) is 2.94. The molecule has 0 atom stereocenters. The second kappa shape index (κ2) is 7.35. The number of hydrogen-bond acceptors (Lipinski definition) is 4. The van der Waals surface area contributed by atoms with Crippen LogP contribution in [0.3, 0.4) is 0 Å². The summed E-state index contributed by atoms with van der Waals surface area (Å²) in [5.41, 5.74) is 2.18. The molecule has 2 aromatic heterocycles. The zero-order valence-electron chi connectivity index (χ0n) is 16.5. The Morgan fingerprint density at radius 2 is 1.88 bits per heavy atom. The molecule has 0 unspecified atom stereocenters. The number of pyridine rings is 1. The number of hydrogen-bond donors (Lipinski definition) is 2. The van der Waals surface area contributed by atoms with Gasteiger partial charge in [0.25, 0.3) is 0 Å².